The highest BCUT2D eigenvalue weighted by molar-refractivity contribution is 5.73. The highest BCUT2D eigenvalue weighted by atomic mass is 19.1. The monoisotopic (exact) mass is 432 g/mol. The molecule has 2 aromatic rings. The summed E-state index contributed by atoms with van der Waals surface area (Å²) in [6, 6.07) is 11.9. The number of phenols is 1. The second-order valence-electron chi connectivity index (χ2n) is 7.52. The highest BCUT2D eigenvalue weighted by Crippen LogP contribution is 2.27. The van der Waals surface area contributed by atoms with E-state index in [-0.39, 0.29) is 23.5 Å². The van der Waals surface area contributed by atoms with Gasteiger partial charge in [0, 0.05) is 46.2 Å². The number of nitrogens with zero attached hydrogens (tertiary/aromatic N) is 1. The van der Waals surface area contributed by atoms with Crippen LogP contribution >= 0.6 is 0 Å². The third-order valence-corrected chi connectivity index (χ3v) is 4.94. The molecule has 1 aliphatic heterocycles. The number of carbonyl (C=O) groups is 1. The van der Waals surface area contributed by atoms with Gasteiger partial charge in [-0.05, 0) is 49.6 Å². The molecule has 0 saturated carbocycles. The number of hydrogen-bond donors (Lipinski definition) is 2. The van der Waals surface area contributed by atoms with Crippen LogP contribution in [-0.2, 0) is 9.53 Å². The van der Waals surface area contributed by atoms with Crippen molar-refractivity contribution in [2.24, 2.45) is 0 Å². The number of ether oxygens (including phenoxy) is 2. The zero-order valence-electron chi connectivity index (χ0n) is 18.6. The Labute approximate surface area is 184 Å². The lowest BCUT2D eigenvalue weighted by molar-refractivity contribution is -0.119. The van der Waals surface area contributed by atoms with Crippen LogP contribution in [0.25, 0.3) is 0 Å². The number of amides is 1. The zero-order chi connectivity index (χ0) is 22.6. The minimum Gasteiger partial charge on any atom is -0.508 e. The summed E-state index contributed by atoms with van der Waals surface area (Å²) in [5, 5.41) is 11.8. The molecule has 1 unspecified atom stereocenters. The molecule has 2 N–H and O–H groups in total. The molecular weight excluding hydrogens is 399 g/mol. The van der Waals surface area contributed by atoms with Gasteiger partial charge in [-0.1, -0.05) is 12.1 Å². The topological polar surface area (TPSA) is 71.0 Å². The van der Waals surface area contributed by atoms with Crippen LogP contribution in [0.1, 0.15) is 44.7 Å². The third kappa shape index (κ3) is 8.45. The Morgan fingerprint density at radius 3 is 2.42 bits per heavy atom. The number of nitrogens with one attached hydrogen (secondary N) is 1. The Morgan fingerprint density at radius 2 is 1.84 bits per heavy atom. The van der Waals surface area contributed by atoms with E-state index in [1.165, 1.54) is 13.0 Å². The van der Waals surface area contributed by atoms with Gasteiger partial charge in [-0.15, -0.1) is 0 Å². The molecule has 1 fully saturated rings. The molecule has 0 aliphatic carbocycles. The van der Waals surface area contributed by atoms with Gasteiger partial charge in [0.15, 0.2) is 0 Å². The number of halogens is 1. The first-order valence-electron chi connectivity index (χ1n) is 10.6. The summed E-state index contributed by atoms with van der Waals surface area (Å²) in [4.78, 5) is 12.8. The molecule has 0 bridgehead atoms. The zero-order valence-corrected chi connectivity index (χ0v) is 18.6. The Hall–Kier alpha value is -2.80. The summed E-state index contributed by atoms with van der Waals surface area (Å²) in [7, 11) is 1.66. The van der Waals surface area contributed by atoms with E-state index in [9.17, 15) is 9.18 Å². The van der Waals surface area contributed by atoms with Crippen molar-refractivity contribution in [3.63, 3.8) is 0 Å². The number of methoxy groups -OCH3 is 1. The van der Waals surface area contributed by atoms with Crippen molar-refractivity contribution in [1.29, 1.82) is 0 Å². The molecule has 1 aliphatic rings. The van der Waals surface area contributed by atoms with Crippen molar-refractivity contribution in [1.82, 2.24) is 5.32 Å². The molecule has 6 nitrogen and oxygen atoms in total. The molecule has 1 heterocycles. The second kappa shape index (κ2) is 12.8. The Morgan fingerprint density at radius 1 is 1.16 bits per heavy atom. The average Bonchev–Trinajstić information content (AvgIpc) is 3.26. The van der Waals surface area contributed by atoms with Crippen LogP contribution in [0, 0.1) is 5.82 Å². The molecule has 170 valence electrons. The van der Waals surface area contributed by atoms with Crippen molar-refractivity contribution < 1.29 is 23.8 Å². The normalized spacial score (nSPS) is 13.9. The minimum absolute atomic E-state index is 0.0156. The van der Waals surface area contributed by atoms with E-state index >= 15 is 0 Å². The molecule has 3 rings (SSSR count). The Balaban J connectivity index is 0.000000233. The molecule has 0 spiro atoms. The number of hydrogen-bond acceptors (Lipinski definition) is 5. The molecule has 0 radical (unpaired) electrons. The maximum absolute atomic E-state index is 13.9. The second-order valence-corrected chi connectivity index (χ2v) is 7.52. The Bertz CT molecular complexity index is 808. The number of carbonyl (C=O) groups excluding carboxylic acids is 1. The molecule has 0 aromatic heterocycles. The van der Waals surface area contributed by atoms with Gasteiger partial charge < -0.3 is 24.8 Å². The lowest BCUT2D eigenvalue weighted by Crippen LogP contribution is -2.23. The highest BCUT2D eigenvalue weighted by Gasteiger charge is 2.16. The summed E-state index contributed by atoms with van der Waals surface area (Å²) >= 11 is 0. The van der Waals surface area contributed by atoms with Gasteiger partial charge in [-0.3, -0.25) is 4.79 Å². The van der Waals surface area contributed by atoms with Gasteiger partial charge in [-0.2, -0.15) is 0 Å². The number of anilines is 1. The van der Waals surface area contributed by atoms with Crippen molar-refractivity contribution in [2.45, 2.75) is 39.2 Å². The van der Waals surface area contributed by atoms with Gasteiger partial charge in [0.05, 0.1) is 18.3 Å². The number of benzene rings is 2. The molecule has 2 aromatic carbocycles. The molecule has 1 amide bonds. The fraction of sp³-hybridized carbons (Fsp3) is 0.458. The largest absolute Gasteiger partial charge is 0.508 e. The van der Waals surface area contributed by atoms with Crippen LogP contribution in [0.15, 0.2) is 42.5 Å². The predicted molar refractivity (Wildman–Crippen MR) is 120 cm³/mol. The lowest BCUT2D eigenvalue weighted by atomic mass is 10.1. The van der Waals surface area contributed by atoms with E-state index in [0.29, 0.717) is 24.7 Å². The van der Waals surface area contributed by atoms with Crippen LogP contribution in [0.2, 0.25) is 0 Å². The van der Waals surface area contributed by atoms with Gasteiger partial charge in [0.2, 0.25) is 5.91 Å². The quantitative estimate of drug-likeness (QED) is 0.604. The fourth-order valence-corrected chi connectivity index (χ4v) is 3.34. The standard InChI is InChI=1S/C14H20FNO2.C10H13NO2/c1-17-9-4-10-18-12-5-6-14(13(15)11-12)16-7-2-3-8-16;1-7(11-8(2)12)9-3-5-10(13)6-4-9/h5-6,11H,2-4,7-10H2,1H3;3-7,13H,1-2H3,(H,11,12). The fourth-order valence-electron chi connectivity index (χ4n) is 3.34. The predicted octanol–water partition coefficient (Wildman–Crippen LogP) is 4.43. The minimum atomic E-state index is -0.193. The van der Waals surface area contributed by atoms with E-state index < -0.39 is 0 Å². The number of rotatable bonds is 8. The number of phenolic OH excluding ortho intramolecular Hbond substituents is 1. The van der Waals surface area contributed by atoms with Crippen LogP contribution in [-0.4, -0.2) is 44.4 Å². The van der Waals surface area contributed by atoms with Crippen molar-refractivity contribution >= 4 is 11.6 Å². The van der Waals surface area contributed by atoms with Gasteiger partial charge in [0.1, 0.15) is 17.3 Å². The maximum atomic E-state index is 13.9. The third-order valence-electron chi connectivity index (χ3n) is 4.94. The van der Waals surface area contributed by atoms with E-state index in [2.05, 4.69) is 10.2 Å². The van der Waals surface area contributed by atoms with E-state index in [1.807, 2.05) is 19.1 Å². The van der Waals surface area contributed by atoms with Gasteiger partial charge in [-0.25, -0.2) is 4.39 Å². The van der Waals surface area contributed by atoms with Crippen molar-refractivity contribution in [2.75, 3.05) is 38.3 Å². The first kappa shape index (κ1) is 24.5. The molecule has 1 atom stereocenters. The van der Waals surface area contributed by atoms with Crippen molar-refractivity contribution in [3.05, 3.63) is 53.8 Å². The summed E-state index contributed by atoms with van der Waals surface area (Å²) < 4.78 is 24.3. The average molecular weight is 433 g/mol. The SMILES string of the molecule is CC(=O)NC(C)c1ccc(O)cc1.COCCCOc1ccc(N2CCCC2)c(F)c1. The summed E-state index contributed by atoms with van der Waals surface area (Å²) in [5.41, 5.74) is 1.67. The number of aromatic hydroxyl groups is 1. The first-order chi connectivity index (χ1) is 14.9. The van der Waals surface area contributed by atoms with Gasteiger partial charge in [0.25, 0.3) is 0 Å². The summed E-state index contributed by atoms with van der Waals surface area (Å²) in [5.74, 6) is 0.576. The smallest absolute Gasteiger partial charge is 0.217 e. The molecule has 7 heteroatoms. The van der Waals surface area contributed by atoms with Crippen LogP contribution in [0.4, 0.5) is 10.1 Å². The van der Waals surface area contributed by atoms with E-state index in [0.717, 1.165) is 37.9 Å². The van der Waals surface area contributed by atoms with Crippen LogP contribution in [0.3, 0.4) is 0 Å². The lowest BCUT2D eigenvalue weighted by Gasteiger charge is -2.18. The summed E-state index contributed by atoms with van der Waals surface area (Å²) in [6.07, 6.45) is 3.11. The van der Waals surface area contributed by atoms with E-state index in [4.69, 9.17) is 14.6 Å². The van der Waals surface area contributed by atoms with Crippen molar-refractivity contribution in [3.8, 4) is 11.5 Å². The molecule has 1 saturated heterocycles. The Kier molecular flexibility index (Phi) is 10.1. The summed E-state index contributed by atoms with van der Waals surface area (Å²) in [6.45, 7) is 6.49. The van der Waals surface area contributed by atoms with Crippen LogP contribution in [0.5, 0.6) is 11.5 Å². The van der Waals surface area contributed by atoms with Crippen LogP contribution < -0.4 is 15.0 Å². The van der Waals surface area contributed by atoms with E-state index in [1.54, 1.807) is 31.4 Å². The first-order valence-corrected chi connectivity index (χ1v) is 10.6. The maximum Gasteiger partial charge on any atom is 0.217 e. The molecule has 31 heavy (non-hydrogen) atoms. The van der Waals surface area contributed by atoms with Gasteiger partial charge >= 0.3 is 0 Å². The molecular formula is C24H33FN2O4.